The van der Waals surface area contributed by atoms with E-state index in [-0.39, 0.29) is 5.91 Å². The maximum absolute atomic E-state index is 12.5. The third-order valence-corrected chi connectivity index (χ3v) is 3.98. The highest BCUT2D eigenvalue weighted by atomic mass is 32.1. The van der Waals surface area contributed by atoms with Crippen LogP contribution < -0.4 is 0 Å². The maximum atomic E-state index is 12.5. The Morgan fingerprint density at radius 3 is 3.24 bits per heavy atom. The summed E-state index contributed by atoms with van der Waals surface area (Å²) in [5.74, 6) is 0.479. The zero-order valence-electron chi connectivity index (χ0n) is 11.9. The largest absolute Gasteiger partial charge is 0.429 e. The van der Waals surface area contributed by atoms with Gasteiger partial charge in [-0.15, -0.1) is 0 Å². The highest BCUT2D eigenvalue weighted by Crippen LogP contribution is 2.21. The molecule has 1 aliphatic heterocycles. The molecule has 1 N–H and O–H groups in total. The van der Waals surface area contributed by atoms with Crippen molar-refractivity contribution in [1.29, 1.82) is 0 Å². The Morgan fingerprint density at radius 1 is 1.57 bits per heavy atom. The fourth-order valence-electron chi connectivity index (χ4n) is 2.70. The lowest BCUT2D eigenvalue weighted by Gasteiger charge is -2.16. The molecule has 0 aliphatic carbocycles. The summed E-state index contributed by atoms with van der Waals surface area (Å²) in [5.41, 5.74) is 2.07. The number of oxazole rings is 1. The van der Waals surface area contributed by atoms with Gasteiger partial charge in [-0.1, -0.05) is 0 Å². The zero-order chi connectivity index (χ0) is 14.8. The second-order valence-electron chi connectivity index (χ2n) is 5.29. The van der Waals surface area contributed by atoms with Crippen molar-refractivity contribution >= 4 is 29.2 Å². The second-order valence-corrected chi connectivity index (χ2v) is 5.66. The summed E-state index contributed by atoms with van der Waals surface area (Å²) in [6, 6.07) is 5.39. The first-order valence-corrected chi connectivity index (χ1v) is 7.58. The molecule has 21 heavy (non-hydrogen) atoms. The number of carbonyl (C=O) groups excluding carboxylic acids is 1. The number of benzene rings is 1. The summed E-state index contributed by atoms with van der Waals surface area (Å²) in [7, 11) is 0. The molecule has 2 aromatic rings. The highest BCUT2D eigenvalue weighted by molar-refractivity contribution is 7.71. The van der Waals surface area contributed by atoms with E-state index in [1.165, 1.54) is 0 Å². The van der Waals surface area contributed by atoms with Gasteiger partial charge >= 0.3 is 0 Å². The number of nitrogens with one attached hydrogen (secondary N) is 1. The van der Waals surface area contributed by atoms with Crippen LogP contribution in [0.2, 0.25) is 0 Å². The van der Waals surface area contributed by atoms with Crippen LogP contribution in [-0.4, -0.2) is 42.1 Å². The number of rotatable bonds is 4. The van der Waals surface area contributed by atoms with E-state index in [0.717, 1.165) is 38.2 Å². The molecule has 0 unspecified atom stereocenters. The van der Waals surface area contributed by atoms with Crippen LogP contribution >= 0.6 is 12.2 Å². The molecule has 1 atom stereocenters. The predicted octanol–water partition coefficient (Wildman–Crippen LogP) is 2.99. The Hall–Kier alpha value is -1.66. The first kappa shape index (κ1) is 14.3. The molecule has 2 heterocycles. The number of hydrogen-bond acceptors (Lipinski definition) is 4. The van der Waals surface area contributed by atoms with Gasteiger partial charge in [-0.25, -0.2) is 0 Å². The number of amides is 1. The fraction of sp³-hybridized carbons (Fsp3) is 0.467. The Morgan fingerprint density at radius 2 is 2.43 bits per heavy atom. The van der Waals surface area contributed by atoms with Gasteiger partial charge in [-0.3, -0.25) is 4.79 Å². The van der Waals surface area contributed by atoms with E-state index in [1.54, 1.807) is 12.1 Å². The number of likely N-dealkylation sites (tertiary alicyclic amines) is 1. The van der Waals surface area contributed by atoms with Crippen molar-refractivity contribution in [1.82, 2.24) is 9.88 Å². The van der Waals surface area contributed by atoms with Gasteiger partial charge in [0.2, 0.25) is 0 Å². The second kappa shape index (κ2) is 5.99. The summed E-state index contributed by atoms with van der Waals surface area (Å²) in [6.07, 6.45) is 0.999. The normalized spacial score (nSPS) is 18.5. The molecule has 1 amide bonds. The Bertz CT molecular complexity index is 706. The molecule has 0 spiro atoms. The minimum Gasteiger partial charge on any atom is -0.429 e. The highest BCUT2D eigenvalue weighted by Gasteiger charge is 2.27. The molecule has 1 saturated heterocycles. The monoisotopic (exact) mass is 306 g/mol. The van der Waals surface area contributed by atoms with Gasteiger partial charge in [0.15, 0.2) is 5.58 Å². The molecule has 1 fully saturated rings. The maximum Gasteiger partial charge on any atom is 0.266 e. The summed E-state index contributed by atoms with van der Waals surface area (Å²) in [5, 5.41) is 0. The number of carbonyl (C=O) groups is 1. The van der Waals surface area contributed by atoms with Gasteiger partial charge in [0.1, 0.15) is 0 Å². The molecule has 1 aliphatic rings. The average Bonchev–Trinajstić information content (AvgIpc) is 3.08. The summed E-state index contributed by atoms with van der Waals surface area (Å²) >= 11 is 4.95. The minimum atomic E-state index is 0.0400. The summed E-state index contributed by atoms with van der Waals surface area (Å²) in [6.45, 7) is 4.98. The summed E-state index contributed by atoms with van der Waals surface area (Å²) in [4.78, 5) is 17.7. The van der Waals surface area contributed by atoms with Crippen LogP contribution in [0.3, 0.4) is 0 Å². The van der Waals surface area contributed by atoms with Crippen LogP contribution in [-0.2, 0) is 4.74 Å². The number of nitrogens with zero attached hydrogens (tertiary/aromatic N) is 1. The molecule has 0 bridgehead atoms. The topological polar surface area (TPSA) is 58.5 Å². The van der Waals surface area contributed by atoms with E-state index < -0.39 is 0 Å². The van der Waals surface area contributed by atoms with Gasteiger partial charge in [0.05, 0.1) is 12.1 Å². The van der Waals surface area contributed by atoms with Gasteiger partial charge < -0.3 is 19.0 Å². The third-order valence-electron chi connectivity index (χ3n) is 3.80. The number of hydrogen-bond donors (Lipinski definition) is 1. The predicted molar refractivity (Wildman–Crippen MR) is 81.9 cm³/mol. The quantitative estimate of drug-likeness (QED) is 0.882. The Balaban J connectivity index is 1.73. The van der Waals surface area contributed by atoms with E-state index >= 15 is 0 Å². The van der Waals surface area contributed by atoms with Crippen molar-refractivity contribution in [2.24, 2.45) is 5.92 Å². The minimum absolute atomic E-state index is 0.0400. The number of aromatic nitrogens is 1. The van der Waals surface area contributed by atoms with Gasteiger partial charge in [-0.2, -0.15) is 0 Å². The van der Waals surface area contributed by atoms with Gasteiger partial charge in [0.25, 0.3) is 10.7 Å². The smallest absolute Gasteiger partial charge is 0.266 e. The lowest BCUT2D eigenvalue weighted by Crippen LogP contribution is -2.29. The van der Waals surface area contributed by atoms with Crippen molar-refractivity contribution < 1.29 is 13.9 Å². The van der Waals surface area contributed by atoms with E-state index in [1.807, 2.05) is 17.9 Å². The van der Waals surface area contributed by atoms with Crippen LogP contribution in [0.1, 0.15) is 23.7 Å². The van der Waals surface area contributed by atoms with E-state index in [2.05, 4.69) is 4.98 Å². The van der Waals surface area contributed by atoms with Crippen LogP contribution in [0.15, 0.2) is 22.6 Å². The van der Waals surface area contributed by atoms with E-state index in [4.69, 9.17) is 21.4 Å². The molecule has 112 valence electrons. The van der Waals surface area contributed by atoms with Crippen LogP contribution in [0.5, 0.6) is 0 Å². The number of ether oxygens (including phenoxy) is 1. The van der Waals surface area contributed by atoms with E-state index in [9.17, 15) is 4.79 Å². The van der Waals surface area contributed by atoms with Gasteiger partial charge in [0, 0.05) is 31.2 Å². The van der Waals surface area contributed by atoms with Gasteiger partial charge in [-0.05, 0) is 43.8 Å². The van der Waals surface area contributed by atoms with Crippen molar-refractivity contribution in [2.75, 3.05) is 26.3 Å². The molecular formula is C15H18N2O3S. The number of aromatic amines is 1. The van der Waals surface area contributed by atoms with E-state index in [0.29, 0.717) is 21.9 Å². The van der Waals surface area contributed by atoms with Crippen LogP contribution in [0.25, 0.3) is 11.1 Å². The molecule has 0 radical (unpaired) electrons. The Kier molecular flexibility index (Phi) is 4.07. The SMILES string of the molecule is CCOC[C@H]1CCN(C(=O)c2ccc3[nH]c(=S)oc3c2)C1. The first-order chi connectivity index (χ1) is 10.2. The van der Waals surface area contributed by atoms with Crippen LogP contribution in [0.4, 0.5) is 0 Å². The number of fused-ring (bicyclic) bond motifs is 1. The molecule has 3 rings (SSSR count). The molecule has 1 aromatic carbocycles. The standard InChI is InChI=1S/C15H18N2O3S/c1-2-19-9-10-5-6-17(8-10)14(18)11-3-4-12-13(7-11)20-15(21)16-12/h3-4,7,10H,2,5-6,8-9H2,1H3,(H,16,21)/t10-/m0/s1. The lowest BCUT2D eigenvalue weighted by atomic mass is 10.1. The van der Waals surface area contributed by atoms with Crippen molar-refractivity contribution in [3.63, 3.8) is 0 Å². The molecule has 6 heteroatoms. The average molecular weight is 306 g/mol. The van der Waals surface area contributed by atoms with Crippen molar-refractivity contribution in [3.8, 4) is 0 Å². The third kappa shape index (κ3) is 3.01. The molecule has 1 aromatic heterocycles. The number of H-pyrrole nitrogens is 1. The van der Waals surface area contributed by atoms with Crippen molar-refractivity contribution in [3.05, 3.63) is 28.6 Å². The zero-order valence-corrected chi connectivity index (χ0v) is 12.7. The lowest BCUT2D eigenvalue weighted by molar-refractivity contribution is 0.0763. The Labute approximate surface area is 127 Å². The molecule has 5 nitrogen and oxygen atoms in total. The molecule has 0 saturated carbocycles. The first-order valence-electron chi connectivity index (χ1n) is 7.17. The van der Waals surface area contributed by atoms with Crippen molar-refractivity contribution in [2.45, 2.75) is 13.3 Å². The summed E-state index contributed by atoms with van der Waals surface area (Å²) < 4.78 is 10.8. The van der Waals surface area contributed by atoms with Crippen LogP contribution in [0, 0.1) is 10.8 Å². The fourth-order valence-corrected chi connectivity index (χ4v) is 2.90. The molecular weight excluding hydrogens is 288 g/mol.